The van der Waals surface area contributed by atoms with Crippen molar-refractivity contribution in [3.8, 4) is 0 Å². The summed E-state index contributed by atoms with van der Waals surface area (Å²) in [6, 6.07) is 2.59. The molecular formula is C15H28N2O. The number of nitrogens with zero attached hydrogens (tertiary/aromatic N) is 1. The zero-order chi connectivity index (χ0) is 13.5. The second-order valence-corrected chi connectivity index (χ2v) is 5.65. The SMILES string of the molecule is Cc1occc1CN(C)C(C)CNCCC(C)C. The van der Waals surface area contributed by atoms with E-state index in [1.807, 2.05) is 6.92 Å². The van der Waals surface area contributed by atoms with Gasteiger partial charge in [-0.1, -0.05) is 13.8 Å². The van der Waals surface area contributed by atoms with E-state index in [1.54, 1.807) is 6.26 Å². The highest BCUT2D eigenvalue weighted by atomic mass is 16.3. The first kappa shape index (κ1) is 15.3. The molecule has 1 unspecified atom stereocenters. The Morgan fingerprint density at radius 3 is 2.61 bits per heavy atom. The summed E-state index contributed by atoms with van der Waals surface area (Å²) in [4.78, 5) is 2.36. The van der Waals surface area contributed by atoms with Crippen molar-refractivity contribution in [1.82, 2.24) is 10.2 Å². The molecule has 0 radical (unpaired) electrons. The van der Waals surface area contributed by atoms with E-state index < -0.39 is 0 Å². The molecule has 0 aliphatic heterocycles. The smallest absolute Gasteiger partial charge is 0.105 e. The lowest BCUT2D eigenvalue weighted by atomic mass is 10.1. The maximum Gasteiger partial charge on any atom is 0.105 e. The lowest BCUT2D eigenvalue weighted by molar-refractivity contribution is 0.241. The van der Waals surface area contributed by atoms with Gasteiger partial charge in [-0.05, 0) is 45.8 Å². The molecular weight excluding hydrogens is 224 g/mol. The highest BCUT2D eigenvalue weighted by molar-refractivity contribution is 5.15. The summed E-state index contributed by atoms with van der Waals surface area (Å²) in [5, 5.41) is 3.53. The molecule has 3 nitrogen and oxygen atoms in total. The Bertz CT molecular complexity index is 333. The number of furan rings is 1. The van der Waals surface area contributed by atoms with Crippen molar-refractivity contribution in [2.24, 2.45) is 5.92 Å². The van der Waals surface area contributed by atoms with Crippen molar-refractivity contribution < 1.29 is 4.42 Å². The zero-order valence-electron chi connectivity index (χ0n) is 12.5. The Hall–Kier alpha value is -0.800. The van der Waals surface area contributed by atoms with E-state index in [1.165, 1.54) is 12.0 Å². The third-order valence-corrected chi connectivity index (χ3v) is 3.48. The first-order valence-electron chi connectivity index (χ1n) is 6.94. The Balaban J connectivity index is 2.24. The Labute approximate surface area is 112 Å². The van der Waals surface area contributed by atoms with Crippen molar-refractivity contribution in [1.29, 1.82) is 0 Å². The van der Waals surface area contributed by atoms with Gasteiger partial charge in [0.2, 0.25) is 0 Å². The number of rotatable bonds is 8. The lowest BCUT2D eigenvalue weighted by Crippen LogP contribution is -2.38. The molecule has 104 valence electrons. The molecule has 18 heavy (non-hydrogen) atoms. The summed E-state index contributed by atoms with van der Waals surface area (Å²) < 4.78 is 5.33. The molecule has 0 aliphatic rings. The summed E-state index contributed by atoms with van der Waals surface area (Å²) in [5.41, 5.74) is 1.28. The Morgan fingerprint density at radius 1 is 1.33 bits per heavy atom. The lowest BCUT2D eigenvalue weighted by Gasteiger charge is -2.25. The van der Waals surface area contributed by atoms with E-state index in [9.17, 15) is 0 Å². The molecule has 0 fully saturated rings. The van der Waals surface area contributed by atoms with Crippen LogP contribution in [0, 0.1) is 12.8 Å². The first-order valence-corrected chi connectivity index (χ1v) is 6.94. The molecule has 1 aromatic rings. The second kappa shape index (κ2) is 7.59. The average Bonchev–Trinajstić information content (AvgIpc) is 2.70. The van der Waals surface area contributed by atoms with Crippen LogP contribution < -0.4 is 5.32 Å². The molecule has 3 heteroatoms. The van der Waals surface area contributed by atoms with Gasteiger partial charge < -0.3 is 9.73 Å². The highest BCUT2D eigenvalue weighted by Gasteiger charge is 2.11. The van der Waals surface area contributed by atoms with Gasteiger partial charge in [0.15, 0.2) is 0 Å². The predicted octanol–water partition coefficient (Wildman–Crippen LogP) is 3.04. The summed E-state index contributed by atoms with van der Waals surface area (Å²) in [6.07, 6.45) is 3.02. The maximum atomic E-state index is 5.33. The van der Waals surface area contributed by atoms with Gasteiger partial charge in [0.25, 0.3) is 0 Å². The van der Waals surface area contributed by atoms with E-state index in [2.05, 4.69) is 44.1 Å². The highest BCUT2D eigenvalue weighted by Crippen LogP contribution is 2.12. The van der Waals surface area contributed by atoms with Crippen LogP contribution in [0.25, 0.3) is 0 Å². The summed E-state index contributed by atoms with van der Waals surface area (Å²) in [7, 11) is 2.17. The third-order valence-electron chi connectivity index (χ3n) is 3.48. The third kappa shape index (κ3) is 5.23. The molecule has 0 amide bonds. The van der Waals surface area contributed by atoms with Crippen LogP contribution in [-0.2, 0) is 6.54 Å². The van der Waals surface area contributed by atoms with Crippen LogP contribution in [-0.4, -0.2) is 31.1 Å². The van der Waals surface area contributed by atoms with Gasteiger partial charge in [-0.25, -0.2) is 0 Å². The van der Waals surface area contributed by atoms with E-state index in [4.69, 9.17) is 4.42 Å². The van der Waals surface area contributed by atoms with Gasteiger partial charge in [0.05, 0.1) is 6.26 Å². The van der Waals surface area contributed by atoms with E-state index in [-0.39, 0.29) is 0 Å². The van der Waals surface area contributed by atoms with Crippen LogP contribution in [0.5, 0.6) is 0 Å². The quantitative estimate of drug-likeness (QED) is 0.721. The number of aryl methyl sites for hydroxylation is 1. The number of hydrogen-bond donors (Lipinski definition) is 1. The molecule has 1 aromatic heterocycles. The normalized spacial score (nSPS) is 13.5. The van der Waals surface area contributed by atoms with E-state index in [0.717, 1.165) is 31.3 Å². The minimum atomic E-state index is 0.534. The largest absolute Gasteiger partial charge is 0.469 e. The first-order chi connectivity index (χ1) is 8.50. The molecule has 1 N–H and O–H groups in total. The van der Waals surface area contributed by atoms with Crippen LogP contribution in [0.2, 0.25) is 0 Å². The number of hydrogen-bond acceptors (Lipinski definition) is 3. The summed E-state index contributed by atoms with van der Waals surface area (Å²) in [6.45, 7) is 11.9. The van der Waals surface area contributed by atoms with Crippen LogP contribution >= 0.6 is 0 Å². The maximum absolute atomic E-state index is 5.33. The van der Waals surface area contributed by atoms with Crippen LogP contribution in [0.1, 0.15) is 38.5 Å². The molecule has 1 atom stereocenters. The standard InChI is InChI=1S/C15H28N2O/c1-12(2)6-8-16-10-13(3)17(5)11-15-7-9-18-14(15)4/h7,9,12-13,16H,6,8,10-11H2,1-5H3. The minimum absolute atomic E-state index is 0.534. The van der Waals surface area contributed by atoms with Gasteiger partial charge in [-0.15, -0.1) is 0 Å². The molecule has 0 bridgehead atoms. The van der Waals surface area contributed by atoms with E-state index in [0.29, 0.717) is 6.04 Å². The molecule has 0 saturated heterocycles. The number of likely N-dealkylation sites (N-methyl/N-ethyl adjacent to an activating group) is 1. The van der Waals surface area contributed by atoms with E-state index >= 15 is 0 Å². The van der Waals surface area contributed by atoms with Crippen molar-refractivity contribution in [2.75, 3.05) is 20.1 Å². The Kier molecular flexibility index (Phi) is 6.44. The fourth-order valence-electron chi connectivity index (χ4n) is 1.86. The van der Waals surface area contributed by atoms with Crippen LogP contribution in [0.3, 0.4) is 0 Å². The van der Waals surface area contributed by atoms with Crippen molar-refractivity contribution in [3.05, 3.63) is 23.7 Å². The van der Waals surface area contributed by atoms with Gasteiger partial charge in [-0.3, -0.25) is 4.90 Å². The summed E-state index contributed by atoms with van der Waals surface area (Å²) >= 11 is 0. The number of nitrogens with one attached hydrogen (secondary N) is 1. The fraction of sp³-hybridized carbons (Fsp3) is 0.733. The average molecular weight is 252 g/mol. The minimum Gasteiger partial charge on any atom is -0.469 e. The topological polar surface area (TPSA) is 28.4 Å². The molecule has 1 heterocycles. The zero-order valence-corrected chi connectivity index (χ0v) is 12.5. The van der Waals surface area contributed by atoms with Gasteiger partial charge in [-0.2, -0.15) is 0 Å². The van der Waals surface area contributed by atoms with Gasteiger partial charge in [0, 0.05) is 24.7 Å². The molecule has 0 saturated carbocycles. The molecule has 0 aromatic carbocycles. The fourth-order valence-corrected chi connectivity index (χ4v) is 1.86. The second-order valence-electron chi connectivity index (χ2n) is 5.65. The Morgan fingerprint density at radius 2 is 2.06 bits per heavy atom. The van der Waals surface area contributed by atoms with Crippen molar-refractivity contribution in [2.45, 2.75) is 46.7 Å². The van der Waals surface area contributed by atoms with Crippen LogP contribution in [0.4, 0.5) is 0 Å². The predicted molar refractivity (Wildman–Crippen MR) is 76.7 cm³/mol. The van der Waals surface area contributed by atoms with Crippen LogP contribution in [0.15, 0.2) is 16.7 Å². The molecule has 1 rings (SSSR count). The van der Waals surface area contributed by atoms with Crippen molar-refractivity contribution in [3.63, 3.8) is 0 Å². The van der Waals surface area contributed by atoms with Crippen molar-refractivity contribution >= 4 is 0 Å². The summed E-state index contributed by atoms with van der Waals surface area (Å²) in [5.74, 6) is 1.81. The van der Waals surface area contributed by atoms with Gasteiger partial charge >= 0.3 is 0 Å². The van der Waals surface area contributed by atoms with Gasteiger partial charge in [0.1, 0.15) is 5.76 Å². The monoisotopic (exact) mass is 252 g/mol. The molecule has 0 spiro atoms. The molecule has 0 aliphatic carbocycles.